The van der Waals surface area contributed by atoms with E-state index in [4.69, 9.17) is 19.9 Å². The van der Waals surface area contributed by atoms with Gasteiger partial charge in [0.1, 0.15) is 6.61 Å². The van der Waals surface area contributed by atoms with E-state index in [9.17, 15) is 4.39 Å². The Hall–Kier alpha value is -2.13. The van der Waals surface area contributed by atoms with Crippen LogP contribution in [0.3, 0.4) is 0 Å². The van der Waals surface area contributed by atoms with Crippen LogP contribution in [-0.2, 0) is 4.79 Å². The Morgan fingerprint density at radius 1 is 1.45 bits per heavy atom. The zero-order chi connectivity index (χ0) is 15.9. The Morgan fingerprint density at radius 2 is 2.14 bits per heavy atom. The molecule has 0 aliphatic carbocycles. The lowest BCUT2D eigenvalue weighted by Gasteiger charge is -2.45. The van der Waals surface area contributed by atoms with E-state index in [1.165, 1.54) is 18.9 Å². The fraction of sp³-hybridized carbons (Fsp3) is 0.500. The number of hydrogen-bond acceptors (Lipinski definition) is 4. The van der Waals surface area contributed by atoms with Gasteiger partial charge in [-0.05, 0) is 56.5 Å². The van der Waals surface area contributed by atoms with Crippen molar-refractivity contribution in [2.24, 2.45) is 5.92 Å². The number of benzene rings is 1. The normalized spacial score (nSPS) is 25.5. The molecule has 3 aliphatic heterocycles. The molecule has 1 atom stereocenters. The average molecular weight is 306 g/mol. The van der Waals surface area contributed by atoms with Crippen LogP contribution in [0.2, 0.25) is 0 Å². The lowest BCUT2D eigenvalue weighted by atomic mass is 9.83. The third-order valence-corrected chi connectivity index (χ3v) is 4.26. The van der Waals surface area contributed by atoms with E-state index in [1.54, 1.807) is 12.1 Å². The highest BCUT2D eigenvalue weighted by Gasteiger charge is 2.33. The molecule has 0 spiro atoms. The fourth-order valence-electron chi connectivity index (χ4n) is 3.13. The standard InChI is InChI=1S/C15H17FN2O.CH2O2/c16-14-8-12(9-17)1-2-15(14)19-10-13-7-11-3-5-18(13)6-4-11;2-1-3/h1-2,8,11,13H,3-7,10H2;1H,(H,2,3). The molecule has 2 bridgehead atoms. The van der Waals surface area contributed by atoms with Crippen molar-refractivity contribution in [2.75, 3.05) is 19.7 Å². The van der Waals surface area contributed by atoms with Gasteiger partial charge in [0.05, 0.1) is 11.6 Å². The van der Waals surface area contributed by atoms with Gasteiger partial charge in [-0.1, -0.05) is 0 Å². The summed E-state index contributed by atoms with van der Waals surface area (Å²) >= 11 is 0. The smallest absolute Gasteiger partial charge is 0.290 e. The van der Waals surface area contributed by atoms with Crippen molar-refractivity contribution in [3.8, 4) is 11.8 Å². The van der Waals surface area contributed by atoms with Crippen LogP contribution in [0.4, 0.5) is 4.39 Å². The van der Waals surface area contributed by atoms with E-state index in [0.717, 1.165) is 25.4 Å². The van der Waals surface area contributed by atoms with Gasteiger partial charge in [-0.15, -0.1) is 0 Å². The zero-order valence-electron chi connectivity index (χ0n) is 12.2. The first kappa shape index (κ1) is 16.2. The Balaban J connectivity index is 0.000000545. The van der Waals surface area contributed by atoms with Crippen LogP contribution >= 0.6 is 0 Å². The molecule has 0 aromatic heterocycles. The largest absolute Gasteiger partial charge is 0.489 e. The van der Waals surface area contributed by atoms with E-state index in [2.05, 4.69) is 4.90 Å². The first-order chi connectivity index (χ1) is 10.7. The summed E-state index contributed by atoms with van der Waals surface area (Å²) in [7, 11) is 0. The molecule has 4 rings (SSSR count). The minimum Gasteiger partial charge on any atom is -0.489 e. The number of hydrogen-bond donors (Lipinski definition) is 1. The van der Waals surface area contributed by atoms with Gasteiger partial charge in [0.2, 0.25) is 0 Å². The molecule has 118 valence electrons. The summed E-state index contributed by atoms with van der Waals surface area (Å²) in [6.45, 7) is 2.59. The molecule has 3 fully saturated rings. The highest BCUT2D eigenvalue weighted by Crippen LogP contribution is 2.32. The van der Waals surface area contributed by atoms with E-state index in [-0.39, 0.29) is 12.2 Å². The highest BCUT2D eigenvalue weighted by atomic mass is 19.1. The van der Waals surface area contributed by atoms with Crippen LogP contribution in [0.5, 0.6) is 5.75 Å². The second-order valence-corrected chi connectivity index (χ2v) is 5.54. The van der Waals surface area contributed by atoms with Crippen molar-refractivity contribution in [2.45, 2.75) is 25.3 Å². The van der Waals surface area contributed by atoms with Crippen LogP contribution in [0.25, 0.3) is 0 Å². The number of rotatable bonds is 3. The summed E-state index contributed by atoms with van der Waals surface area (Å²) in [5.74, 6) is 0.626. The van der Waals surface area contributed by atoms with Gasteiger partial charge in [-0.25, -0.2) is 4.39 Å². The van der Waals surface area contributed by atoms with Crippen molar-refractivity contribution in [3.05, 3.63) is 29.6 Å². The molecular formula is C16H19FN2O3. The Bertz CT molecular complexity index is 551. The van der Waals surface area contributed by atoms with E-state index in [1.807, 2.05) is 6.07 Å². The van der Waals surface area contributed by atoms with Gasteiger partial charge >= 0.3 is 0 Å². The molecule has 1 aromatic rings. The first-order valence-electron chi connectivity index (χ1n) is 7.32. The van der Waals surface area contributed by atoms with Crippen LogP contribution < -0.4 is 4.74 Å². The van der Waals surface area contributed by atoms with E-state index < -0.39 is 5.82 Å². The molecule has 6 heteroatoms. The third-order valence-electron chi connectivity index (χ3n) is 4.26. The second kappa shape index (κ2) is 7.76. The molecule has 5 nitrogen and oxygen atoms in total. The number of carboxylic acid groups (broad SMARTS) is 1. The summed E-state index contributed by atoms with van der Waals surface area (Å²) in [6.07, 6.45) is 3.75. The van der Waals surface area contributed by atoms with Gasteiger partial charge < -0.3 is 9.84 Å². The summed E-state index contributed by atoms with van der Waals surface area (Å²) < 4.78 is 19.3. The maximum Gasteiger partial charge on any atom is 0.290 e. The van der Waals surface area contributed by atoms with Crippen LogP contribution in [0.1, 0.15) is 24.8 Å². The van der Waals surface area contributed by atoms with Crippen LogP contribution in [0.15, 0.2) is 18.2 Å². The van der Waals surface area contributed by atoms with Gasteiger partial charge in [0.15, 0.2) is 11.6 Å². The number of halogens is 1. The molecule has 3 saturated heterocycles. The topological polar surface area (TPSA) is 73.6 Å². The Labute approximate surface area is 128 Å². The number of fused-ring (bicyclic) bond motifs is 3. The van der Waals surface area contributed by atoms with Crippen molar-refractivity contribution in [1.29, 1.82) is 5.26 Å². The quantitative estimate of drug-likeness (QED) is 0.867. The predicted octanol–water partition coefficient (Wildman–Crippen LogP) is 2.26. The number of piperidine rings is 3. The molecule has 1 aromatic carbocycles. The third kappa shape index (κ3) is 3.95. The molecule has 3 aliphatic rings. The monoisotopic (exact) mass is 306 g/mol. The fourth-order valence-corrected chi connectivity index (χ4v) is 3.13. The lowest BCUT2D eigenvalue weighted by Crippen LogP contribution is -2.51. The molecule has 0 radical (unpaired) electrons. The summed E-state index contributed by atoms with van der Waals surface area (Å²) in [6, 6.07) is 6.70. The number of nitriles is 1. The summed E-state index contributed by atoms with van der Waals surface area (Å²) in [5.41, 5.74) is 0.324. The van der Waals surface area contributed by atoms with Gasteiger partial charge in [-0.3, -0.25) is 9.69 Å². The van der Waals surface area contributed by atoms with Crippen molar-refractivity contribution < 1.29 is 19.0 Å². The maximum atomic E-state index is 13.7. The molecule has 0 amide bonds. The molecule has 0 saturated carbocycles. The first-order valence-corrected chi connectivity index (χ1v) is 7.32. The predicted molar refractivity (Wildman–Crippen MR) is 78.0 cm³/mol. The lowest BCUT2D eigenvalue weighted by molar-refractivity contribution is -0.122. The summed E-state index contributed by atoms with van der Waals surface area (Å²) in [4.78, 5) is 10.8. The van der Waals surface area contributed by atoms with Crippen LogP contribution in [0, 0.1) is 23.1 Å². The zero-order valence-corrected chi connectivity index (χ0v) is 12.2. The SMILES string of the molecule is N#Cc1ccc(OCC2CC3CCN2CC3)c(F)c1.O=CO. The molecule has 1 N–H and O–H groups in total. The maximum absolute atomic E-state index is 13.7. The van der Waals surface area contributed by atoms with Crippen LogP contribution in [-0.4, -0.2) is 42.2 Å². The molecule has 22 heavy (non-hydrogen) atoms. The van der Waals surface area contributed by atoms with Crippen molar-refractivity contribution in [3.63, 3.8) is 0 Å². The molecule has 1 unspecified atom stereocenters. The number of nitrogens with zero attached hydrogens (tertiary/aromatic N) is 2. The highest BCUT2D eigenvalue weighted by molar-refractivity contribution is 5.36. The second-order valence-electron chi connectivity index (χ2n) is 5.54. The van der Waals surface area contributed by atoms with E-state index in [0.29, 0.717) is 18.2 Å². The Kier molecular flexibility index (Phi) is 5.73. The average Bonchev–Trinajstić information content (AvgIpc) is 2.55. The minimum atomic E-state index is -0.449. The summed E-state index contributed by atoms with van der Waals surface area (Å²) in [5, 5.41) is 15.6. The van der Waals surface area contributed by atoms with Gasteiger partial charge in [-0.2, -0.15) is 5.26 Å². The number of carbonyl (C=O) groups is 1. The molecular weight excluding hydrogens is 287 g/mol. The van der Waals surface area contributed by atoms with Gasteiger partial charge in [0, 0.05) is 6.04 Å². The van der Waals surface area contributed by atoms with Crippen molar-refractivity contribution >= 4 is 6.47 Å². The Morgan fingerprint density at radius 3 is 2.64 bits per heavy atom. The van der Waals surface area contributed by atoms with Gasteiger partial charge in [0.25, 0.3) is 6.47 Å². The van der Waals surface area contributed by atoms with Crippen molar-refractivity contribution in [1.82, 2.24) is 4.90 Å². The minimum absolute atomic E-state index is 0.250. The molecule has 3 heterocycles. The number of ether oxygens (including phenoxy) is 1. The van der Waals surface area contributed by atoms with E-state index >= 15 is 0 Å².